The fraction of sp³-hybridized carbons (Fsp3) is 0.417. The first kappa shape index (κ1) is 12.6. The number of hydrogen-bond acceptors (Lipinski definition) is 3. The minimum Gasteiger partial charge on any atom is -0.481 e. The normalized spacial score (nSPS) is 18.9. The van der Waals surface area contributed by atoms with Crippen molar-refractivity contribution in [1.29, 1.82) is 0 Å². The minimum absolute atomic E-state index is 0.221. The molecule has 17 heavy (non-hydrogen) atoms. The Morgan fingerprint density at radius 3 is 3.12 bits per heavy atom. The van der Waals surface area contributed by atoms with Crippen molar-refractivity contribution in [2.75, 3.05) is 17.7 Å². The Kier molecular flexibility index (Phi) is 3.84. The smallest absolute Gasteiger partial charge is 0.303 e. The molecule has 1 unspecified atom stereocenters. The van der Waals surface area contributed by atoms with Gasteiger partial charge in [0.1, 0.15) is 0 Å². The first-order chi connectivity index (χ1) is 8.08. The lowest BCUT2D eigenvalue weighted by atomic mass is 10.1. The molecule has 0 aromatic heterocycles. The van der Waals surface area contributed by atoms with E-state index in [1.54, 1.807) is 11.8 Å². The van der Waals surface area contributed by atoms with E-state index in [0.717, 1.165) is 16.5 Å². The summed E-state index contributed by atoms with van der Waals surface area (Å²) in [6.45, 7) is 0. The summed E-state index contributed by atoms with van der Waals surface area (Å²) in [7, 11) is 2.01. The average molecular weight is 272 g/mol. The first-order valence-electron chi connectivity index (χ1n) is 5.45. The molecule has 0 radical (unpaired) electrons. The van der Waals surface area contributed by atoms with Crippen LogP contribution >= 0.6 is 23.4 Å². The van der Waals surface area contributed by atoms with Crippen LogP contribution in [0.25, 0.3) is 0 Å². The largest absolute Gasteiger partial charge is 0.481 e. The topological polar surface area (TPSA) is 40.5 Å². The monoisotopic (exact) mass is 271 g/mol. The zero-order valence-electron chi connectivity index (χ0n) is 9.52. The van der Waals surface area contributed by atoms with Crippen LogP contribution in [0.2, 0.25) is 5.02 Å². The van der Waals surface area contributed by atoms with E-state index in [9.17, 15) is 4.79 Å². The van der Waals surface area contributed by atoms with Gasteiger partial charge >= 0.3 is 5.97 Å². The van der Waals surface area contributed by atoms with Crippen molar-refractivity contribution in [1.82, 2.24) is 0 Å². The fourth-order valence-corrected chi connectivity index (χ4v) is 3.53. The van der Waals surface area contributed by atoms with Crippen molar-refractivity contribution in [2.45, 2.75) is 23.8 Å². The molecule has 0 amide bonds. The number of halogens is 1. The van der Waals surface area contributed by atoms with Gasteiger partial charge in [0.2, 0.25) is 0 Å². The van der Waals surface area contributed by atoms with Gasteiger partial charge in [-0.25, -0.2) is 0 Å². The van der Waals surface area contributed by atoms with Gasteiger partial charge in [0, 0.05) is 35.2 Å². The van der Waals surface area contributed by atoms with E-state index in [1.807, 2.05) is 25.2 Å². The molecule has 1 aliphatic rings. The van der Waals surface area contributed by atoms with E-state index in [0.29, 0.717) is 6.42 Å². The van der Waals surface area contributed by atoms with Crippen LogP contribution in [0, 0.1) is 0 Å². The molecular weight excluding hydrogens is 258 g/mol. The lowest BCUT2D eigenvalue weighted by molar-refractivity contribution is -0.137. The van der Waals surface area contributed by atoms with Gasteiger partial charge in [0.25, 0.3) is 0 Å². The van der Waals surface area contributed by atoms with Gasteiger partial charge in [-0.1, -0.05) is 11.6 Å². The Hall–Kier alpha value is -0.870. The summed E-state index contributed by atoms with van der Waals surface area (Å²) >= 11 is 7.70. The summed E-state index contributed by atoms with van der Waals surface area (Å²) in [4.78, 5) is 13.9. The molecule has 1 aromatic rings. The lowest BCUT2D eigenvalue weighted by Gasteiger charge is -2.35. The number of carboxylic acids is 1. The van der Waals surface area contributed by atoms with Gasteiger partial charge in [-0.2, -0.15) is 0 Å². The number of anilines is 1. The van der Waals surface area contributed by atoms with Crippen molar-refractivity contribution in [3.05, 3.63) is 23.2 Å². The zero-order chi connectivity index (χ0) is 12.4. The van der Waals surface area contributed by atoms with Crippen molar-refractivity contribution in [3.63, 3.8) is 0 Å². The number of fused-ring (bicyclic) bond motifs is 1. The molecule has 3 nitrogen and oxygen atoms in total. The number of hydrogen-bond donors (Lipinski definition) is 1. The zero-order valence-corrected chi connectivity index (χ0v) is 11.1. The van der Waals surface area contributed by atoms with E-state index in [1.165, 1.54) is 4.90 Å². The predicted octanol–water partition coefficient (Wildman–Crippen LogP) is 3.12. The summed E-state index contributed by atoms with van der Waals surface area (Å²) < 4.78 is 0. The predicted molar refractivity (Wildman–Crippen MR) is 71.2 cm³/mol. The number of carbonyl (C=O) groups is 1. The molecule has 0 aliphatic carbocycles. The lowest BCUT2D eigenvalue weighted by Crippen LogP contribution is -2.37. The third-order valence-electron chi connectivity index (χ3n) is 2.97. The molecule has 0 saturated carbocycles. The van der Waals surface area contributed by atoms with E-state index < -0.39 is 5.97 Å². The van der Waals surface area contributed by atoms with Crippen molar-refractivity contribution in [2.24, 2.45) is 0 Å². The Labute approximate surface area is 110 Å². The summed E-state index contributed by atoms with van der Waals surface area (Å²) in [6, 6.07) is 6.12. The Bertz CT molecular complexity index is 439. The molecule has 0 fully saturated rings. The van der Waals surface area contributed by atoms with E-state index >= 15 is 0 Å². The first-order valence-corrected chi connectivity index (χ1v) is 6.81. The maximum absolute atomic E-state index is 10.6. The van der Waals surface area contributed by atoms with Gasteiger partial charge in [-0.05, 0) is 24.6 Å². The van der Waals surface area contributed by atoms with Crippen molar-refractivity contribution < 1.29 is 9.90 Å². The van der Waals surface area contributed by atoms with E-state index in [4.69, 9.17) is 16.7 Å². The maximum atomic E-state index is 10.6. The van der Waals surface area contributed by atoms with Crippen LogP contribution in [0.5, 0.6) is 0 Å². The second-order valence-electron chi connectivity index (χ2n) is 4.12. The van der Waals surface area contributed by atoms with Gasteiger partial charge in [0.05, 0.1) is 5.69 Å². The number of rotatable bonds is 3. The minimum atomic E-state index is -0.731. The molecular formula is C12H14ClNO2S. The molecule has 0 saturated heterocycles. The summed E-state index contributed by atoms with van der Waals surface area (Å²) in [5.41, 5.74) is 1.14. The fourth-order valence-electron chi connectivity index (χ4n) is 1.96. The van der Waals surface area contributed by atoms with Crippen LogP contribution in [-0.2, 0) is 4.79 Å². The number of thioether (sulfide) groups is 1. The molecule has 1 aromatic carbocycles. The third kappa shape index (κ3) is 2.87. The summed E-state index contributed by atoms with van der Waals surface area (Å²) in [5, 5.41) is 9.46. The Balaban J connectivity index is 2.12. The van der Waals surface area contributed by atoms with Crippen LogP contribution in [0.3, 0.4) is 0 Å². The third-order valence-corrected chi connectivity index (χ3v) is 4.40. The summed E-state index contributed by atoms with van der Waals surface area (Å²) in [5.74, 6) is 0.183. The van der Waals surface area contributed by atoms with Gasteiger partial charge in [-0.15, -0.1) is 11.8 Å². The van der Waals surface area contributed by atoms with Crippen LogP contribution in [-0.4, -0.2) is 29.9 Å². The highest BCUT2D eigenvalue weighted by molar-refractivity contribution is 7.99. The number of benzene rings is 1. The highest BCUT2D eigenvalue weighted by Gasteiger charge is 2.24. The van der Waals surface area contributed by atoms with Crippen molar-refractivity contribution >= 4 is 35.0 Å². The van der Waals surface area contributed by atoms with Crippen LogP contribution < -0.4 is 4.90 Å². The number of nitrogens with zero attached hydrogens (tertiary/aromatic N) is 1. The average Bonchev–Trinajstić information content (AvgIpc) is 2.27. The molecule has 0 bridgehead atoms. The van der Waals surface area contributed by atoms with Gasteiger partial charge in [-0.3, -0.25) is 4.79 Å². The van der Waals surface area contributed by atoms with E-state index in [-0.39, 0.29) is 12.5 Å². The Morgan fingerprint density at radius 2 is 2.41 bits per heavy atom. The molecule has 1 N–H and O–H groups in total. The summed E-state index contributed by atoms with van der Waals surface area (Å²) in [6.07, 6.45) is 0.902. The number of aliphatic carboxylic acids is 1. The molecule has 1 atom stereocenters. The van der Waals surface area contributed by atoms with Crippen LogP contribution in [0.4, 0.5) is 5.69 Å². The quantitative estimate of drug-likeness (QED) is 0.917. The van der Waals surface area contributed by atoms with Crippen molar-refractivity contribution in [3.8, 4) is 0 Å². The molecule has 5 heteroatoms. The standard InChI is InChI=1S/C12H14ClNO2S/c1-14-9(3-5-12(15)16)7-17-11-6-8(13)2-4-10(11)14/h2,4,6,9H,3,5,7H2,1H3,(H,15,16). The molecule has 0 spiro atoms. The molecule has 2 rings (SSSR count). The van der Waals surface area contributed by atoms with Crippen LogP contribution in [0.15, 0.2) is 23.1 Å². The molecule has 92 valence electrons. The van der Waals surface area contributed by atoms with E-state index in [2.05, 4.69) is 4.90 Å². The highest BCUT2D eigenvalue weighted by atomic mass is 35.5. The SMILES string of the molecule is CN1c2ccc(Cl)cc2SCC1CCC(=O)O. The second kappa shape index (κ2) is 5.19. The highest BCUT2D eigenvalue weighted by Crippen LogP contribution is 2.39. The molecule has 1 aliphatic heterocycles. The second-order valence-corrected chi connectivity index (χ2v) is 5.62. The maximum Gasteiger partial charge on any atom is 0.303 e. The van der Waals surface area contributed by atoms with Gasteiger partial charge < -0.3 is 10.0 Å². The Morgan fingerprint density at radius 1 is 1.65 bits per heavy atom. The number of carboxylic acid groups (broad SMARTS) is 1. The molecule has 1 heterocycles. The van der Waals surface area contributed by atoms with Crippen LogP contribution in [0.1, 0.15) is 12.8 Å². The van der Waals surface area contributed by atoms with Gasteiger partial charge in [0.15, 0.2) is 0 Å².